The summed E-state index contributed by atoms with van der Waals surface area (Å²) < 4.78 is 5.79. The monoisotopic (exact) mass is 204 g/mol. The van der Waals surface area contributed by atoms with Gasteiger partial charge in [-0.15, -0.1) is 0 Å². The summed E-state index contributed by atoms with van der Waals surface area (Å²) in [6.07, 6.45) is 0.217. The molecule has 0 aliphatic carbocycles. The second-order valence-electron chi connectivity index (χ2n) is 4.18. The molecule has 0 aliphatic heterocycles. The minimum absolute atomic E-state index is 0.217. The second-order valence-corrected chi connectivity index (χ2v) is 6.96. The van der Waals surface area contributed by atoms with Crippen LogP contribution >= 0.6 is 0 Å². The summed E-state index contributed by atoms with van der Waals surface area (Å²) in [7, 11) is -2.13. The molecule has 3 N–H and O–H groups in total. The Labute approximate surface area is 83.3 Å². The molecule has 4 heteroatoms. The van der Waals surface area contributed by atoms with E-state index >= 15 is 0 Å². The van der Waals surface area contributed by atoms with Crippen LogP contribution in [0, 0.1) is 5.92 Å². The van der Waals surface area contributed by atoms with Crippen molar-refractivity contribution in [2.24, 2.45) is 11.3 Å². The first-order valence-electron chi connectivity index (χ1n) is 5.11. The quantitative estimate of drug-likeness (QED) is 0.646. The lowest BCUT2D eigenvalue weighted by Crippen LogP contribution is -2.63. The molecule has 0 amide bonds. The predicted octanol–water partition coefficient (Wildman–Crippen LogP) is 1.57. The maximum Gasteiger partial charge on any atom is 0.349 e. The van der Waals surface area contributed by atoms with E-state index in [0.29, 0.717) is 5.92 Å². The molecule has 13 heavy (non-hydrogen) atoms. The zero-order valence-corrected chi connectivity index (χ0v) is 10.6. The molecule has 0 aromatic rings. The van der Waals surface area contributed by atoms with E-state index in [1.807, 2.05) is 13.8 Å². The van der Waals surface area contributed by atoms with E-state index in [1.165, 1.54) is 0 Å². The Balaban J connectivity index is 4.15. The fourth-order valence-corrected chi connectivity index (χ4v) is 4.46. The van der Waals surface area contributed by atoms with Crippen molar-refractivity contribution in [2.45, 2.75) is 46.8 Å². The van der Waals surface area contributed by atoms with E-state index in [-0.39, 0.29) is 6.10 Å². The van der Waals surface area contributed by atoms with Crippen molar-refractivity contribution in [3.8, 4) is 0 Å². The highest BCUT2D eigenvalue weighted by Crippen LogP contribution is 2.12. The molecular weight excluding hydrogens is 180 g/mol. The molecule has 80 valence electrons. The van der Waals surface area contributed by atoms with Crippen molar-refractivity contribution in [1.29, 1.82) is 0 Å². The van der Waals surface area contributed by atoms with Crippen LogP contribution in [0.5, 0.6) is 0 Å². The Morgan fingerprint density at radius 3 is 2.15 bits per heavy atom. The molecule has 0 heterocycles. The van der Waals surface area contributed by atoms with Crippen LogP contribution in [-0.4, -0.2) is 21.3 Å². The van der Waals surface area contributed by atoms with E-state index < -0.39 is 8.64 Å². The van der Waals surface area contributed by atoms with Gasteiger partial charge in [0.2, 0.25) is 0 Å². The fourth-order valence-electron chi connectivity index (χ4n) is 1.49. The zero-order chi connectivity index (χ0) is 10.5. The molecule has 0 aliphatic rings. The number of nitrogens with one attached hydrogen (secondary N) is 1. The van der Waals surface area contributed by atoms with Crippen LogP contribution in [0.2, 0.25) is 6.04 Å². The summed E-state index contributed by atoms with van der Waals surface area (Å²) in [5, 5.41) is 6.22. The minimum atomic E-state index is -2.13. The Kier molecular flexibility index (Phi) is 5.79. The highest BCUT2D eigenvalue weighted by atomic mass is 28.4. The van der Waals surface area contributed by atoms with E-state index in [1.54, 1.807) is 0 Å². The lowest BCUT2D eigenvalue weighted by molar-refractivity contribution is 0.215. The van der Waals surface area contributed by atoms with E-state index in [2.05, 4.69) is 25.8 Å². The lowest BCUT2D eigenvalue weighted by atomic mass is 10.3. The van der Waals surface area contributed by atoms with Crippen molar-refractivity contribution >= 4 is 8.64 Å². The van der Waals surface area contributed by atoms with Gasteiger partial charge in [0.1, 0.15) is 0 Å². The average molecular weight is 204 g/mol. The fraction of sp³-hybridized carbons (Fsp3) is 1.00. The van der Waals surface area contributed by atoms with E-state index in [4.69, 9.17) is 9.83 Å². The maximum absolute atomic E-state index is 6.22. The summed E-state index contributed by atoms with van der Waals surface area (Å²) >= 11 is 0. The predicted molar refractivity (Wildman–Crippen MR) is 59.5 cm³/mol. The number of rotatable bonds is 6. The van der Waals surface area contributed by atoms with Gasteiger partial charge in [-0.05, 0) is 32.4 Å². The number of hydrogen-bond acceptors (Lipinski definition) is 3. The van der Waals surface area contributed by atoms with Gasteiger partial charge in [-0.1, -0.05) is 20.8 Å². The third-order valence-corrected chi connectivity index (χ3v) is 4.90. The van der Waals surface area contributed by atoms with Gasteiger partial charge in [0, 0.05) is 6.10 Å². The van der Waals surface area contributed by atoms with Crippen LogP contribution in [0.15, 0.2) is 0 Å². The molecule has 0 saturated heterocycles. The number of hydrogen-bond donors (Lipinski definition) is 2. The molecular formula is C9H24N2OSi. The van der Waals surface area contributed by atoms with Crippen LogP contribution in [0.3, 0.4) is 0 Å². The van der Waals surface area contributed by atoms with Crippen LogP contribution in [-0.2, 0) is 4.43 Å². The molecule has 0 rings (SSSR count). The number of nitrogens with two attached hydrogens (primary N) is 1. The van der Waals surface area contributed by atoms with Crippen molar-refractivity contribution in [2.75, 3.05) is 6.54 Å². The molecule has 0 fully saturated rings. The second kappa shape index (κ2) is 5.75. The minimum Gasteiger partial charge on any atom is -0.389 e. The molecule has 0 bridgehead atoms. The smallest absolute Gasteiger partial charge is 0.349 e. The summed E-state index contributed by atoms with van der Waals surface area (Å²) in [6, 6.07) is 0.971. The molecule has 0 radical (unpaired) electrons. The van der Waals surface area contributed by atoms with Crippen molar-refractivity contribution in [3.05, 3.63) is 0 Å². The first-order valence-corrected chi connectivity index (χ1v) is 7.30. The normalized spacial score (nSPS) is 16.6. The van der Waals surface area contributed by atoms with Gasteiger partial charge < -0.3 is 14.8 Å². The van der Waals surface area contributed by atoms with Gasteiger partial charge in [-0.3, -0.25) is 0 Å². The Morgan fingerprint density at radius 1 is 1.31 bits per heavy atom. The summed E-state index contributed by atoms with van der Waals surface area (Å²) in [5.74, 6) is 0.592. The molecule has 3 nitrogen and oxygen atoms in total. The molecule has 0 aromatic heterocycles. The molecule has 0 aromatic carbocycles. The van der Waals surface area contributed by atoms with E-state index in [0.717, 1.165) is 12.6 Å². The van der Waals surface area contributed by atoms with Crippen molar-refractivity contribution in [1.82, 2.24) is 4.98 Å². The van der Waals surface area contributed by atoms with Gasteiger partial charge >= 0.3 is 8.64 Å². The van der Waals surface area contributed by atoms with Gasteiger partial charge in [-0.25, -0.2) is 0 Å². The lowest BCUT2D eigenvalue weighted by Gasteiger charge is -2.30. The Morgan fingerprint density at radius 2 is 1.85 bits per heavy atom. The standard InChI is InChI=1S/C9H24N2OSi/c1-6-11-13(10,7-8(2)3)12-9(4)5/h8-9,11H,6-7,10H2,1-5H3. The molecule has 1 unspecified atom stereocenters. The molecule has 1 atom stereocenters. The average Bonchev–Trinajstić information content (AvgIpc) is 1.81. The first-order chi connectivity index (χ1) is 5.89. The summed E-state index contributed by atoms with van der Waals surface area (Å²) in [5.41, 5.74) is 0. The third kappa shape index (κ3) is 6.21. The van der Waals surface area contributed by atoms with Crippen LogP contribution in [0.25, 0.3) is 0 Å². The zero-order valence-electron chi connectivity index (χ0n) is 9.55. The third-order valence-electron chi connectivity index (χ3n) is 1.63. The van der Waals surface area contributed by atoms with Gasteiger partial charge in [0.25, 0.3) is 0 Å². The van der Waals surface area contributed by atoms with E-state index in [9.17, 15) is 0 Å². The molecule has 0 spiro atoms. The highest BCUT2D eigenvalue weighted by Gasteiger charge is 2.32. The van der Waals surface area contributed by atoms with Crippen molar-refractivity contribution < 1.29 is 4.43 Å². The Bertz CT molecular complexity index is 130. The maximum atomic E-state index is 6.22. The van der Waals surface area contributed by atoms with Gasteiger partial charge in [0.15, 0.2) is 0 Å². The van der Waals surface area contributed by atoms with Crippen LogP contribution in [0.1, 0.15) is 34.6 Å². The molecule has 0 saturated carbocycles. The SMILES string of the molecule is CCN[Si](N)(CC(C)C)OC(C)C. The van der Waals surface area contributed by atoms with Crippen molar-refractivity contribution in [3.63, 3.8) is 0 Å². The van der Waals surface area contributed by atoms with Crippen LogP contribution in [0.4, 0.5) is 0 Å². The Hall–Kier alpha value is 0.0969. The topological polar surface area (TPSA) is 47.3 Å². The summed E-state index contributed by atoms with van der Waals surface area (Å²) in [6.45, 7) is 11.4. The largest absolute Gasteiger partial charge is 0.389 e. The van der Waals surface area contributed by atoms with Gasteiger partial charge in [0.05, 0.1) is 0 Å². The van der Waals surface area contributed by atoms with Crippen LogP contribution < -0.4 is 10.4 Å². The highest BCUT2D eigenvalue weighted by molar-refractivity contribution is 6.68. The van der Waals surface area contributed by atoms with Gasteiger partial charge in [-0.2, -0.15) is 0 Å². The summed E-state index contributed by atoms with van der Waals surface area (Å²) in [4.78, 5) is 3.32. The first kappa shape index (κ1) is 13.1.